The number of benzene rings is 2. The number of likely N-dealkylation sites (N-methyl/N-ethyl adjacent to an activating group) is 1. The number of carbonyl (C=O) groups is 1. The van der Waals surface area contributed by atoms with Crippen molar-refractivity contribution >= 4 is 34.1 Å². The van der Waals surface area contributed by atoms with E-state index in [4.69, 9.17) is 5.73 Å². The number of nitrogens with one attached hydrogen (secondary N) is 2. The van der Waals surface area contributed by atoms with Crippen molar-refractivity contribution in [2.24, 2.45) is 0 Å². The lowest BCUT2D eigenvalue weighted by Crippen LogP contribution is -2.44. The summed E-state index contributed by atoms with van der Waals surface area (Å²) in [5.41, 5.74) is 8.32. The maximum atomic E-state index is 15.0. The highest BCUT2D eigenvalue weighted by Gasteiger charge is 2.18. The fourth-order valence-electron chi connectivity index (χ4n) is 5.16. The highest BCUT2D eigenvalue weighted by molar-refractivity contribution is 6.00. The van der Waals surface area contributed by atoms with Gasteiger partial charge in [0.15, 0.2) is 0 Å². The molecule has 2 aromatic heterocycles. The number of hydrogen-bond donors (Lipinski definition) is 3. The molecule has 0 unspecified atom stereocenters. The molecule has 4 N–H and O–H groups in total. The summed E-state index contributed by atoms with van der Waals surface area (Å²) in [6, 6.07) is 9.73. The van der Waals surface area contributed by atoms with Crippen molar-refractivity contribution in [3.63, 3.8) is 0 Å². The van der Waals surface area contributed by atoms with Crippen molar-refractivity contribution < 1.29 is 13.6 Å². The van der Waals surface area contributed by atoms with Crippen molar-refractivity contribution in [3.05, 3.63) is 81.8 Å². The smallest absolute Gasteiger partial charge is 0.323 e. The summed E-state index contributed by atoms with van der Waals surface area (Å²) in [6.45, 7) is 7.84. The van der Waals surface area contributed by atoms with Gasteiger partial charge in [0.05, 0.1) is 11.2 Å². The van der Waals surface area contributed by atoms with Gasteiger partial charge in [-0.25, -0.2) is 18.6 Å². The Balaban J connectivity index is 1.39. The molecule has 0 radical (unpaired) electrons. The fraction of sp³-hybridized carbons (Fsp3) is 0.300. The van der Waals surface area contributed by atoms with E-state index in [0.717, 1.165) is 26.2 Å². The van der Waals surface area contributed by atoms with Gasteiger partial charge < -0.3 is 25.8 Å². The number of aryl methyl sites for hydroxylation is 2. The molecule has 2 amide bonds. The Morgan fingerprint density at radius 3 is 2.49 bits per heavy atom. The van der Waals surface area contributed by atoms with Gasteiger partial charge >= 0.3 is 6.03 Å². The molecule has 5 rings (SSSR count). The monoisotopic (exact) mass is 561 g/mol. The predicted octanol–water partition coefficient (Wildman–Crippen LogP) is 4.64. The number of amides is 2. The van der Waals surface area contributed by atoms with E-state index in [-0.39, 0.29) is 17.1 Å². The third-order valence-corrected chi connectivity index (χ3v) is 7.46. The number of hydrogen-bond acceptors (Lipinski definition) is 6. The van der Waals surface area contributed by atoms with E-state index in [9.17, 15) is 18.4 Å². The summed E-state index contributed by atoms with van der Waals surface area (Å²) in [6.07, 6.45) is 1.59. The number of nitrogen functional groups attached to an aromatic ring is 1. The van der Waals surface area contributed by atoms with Gasteiger partial charge in [0, 0.05) is 73.7 Å². The van der Waals surface area contributed by atoms with E-state index in [1.165, 1.54) is 24.3 Å². The molecule has 2 aromatic carbocycles. The van der Waals surface area contributed by atoms with Gasteiger partial charge in [-0.2, -0.15) is 0 Å². The van der Waals surface area contributed by atoms with Gasteiger partial charge in [-0.05, 0) is 68.4 Å². The highest BCUT2D eigenvalue weighted by Crippen LogP contribution is 2.29. The van der Waals surface area contributed by atoms with Gasteiger partial charge in [-0.1, -0.05) is 0 Å². The van der Waals surface area contributed by atoms with Crippen LogP contribution in [0.1, 0.15) is 18.1 Å². The van der Waals surface area contributed by atoms with E-state index in [2.05, 4.69) is 32.5 Å². The zero-order valence-corrected chi connectivity index (χ0v) is 23.3. The van der Waals surface area contributed by atoms with Gasteiger partial charge in [-0.15, -0.1) is 0 Å². The lowest BCUT2D eigenvalue weighted by Gasteiger charge is -2.32. The van der Waals surface area contributed by atoms with E-state index in [1.807, 2.05) is 6.92 Å². The zero-order chi connectivity index (χ0) is 29.3. The van der Waals surface area contributed by atoms with Crippen LogP contribution in [0.3, 0.4) is 0 Å². The highest BCUT2D eigenvalue weighted by atomic mass is 19.1. The molecule has 1 fully saturated rings. The zero-order valence-electron chi connectivity index (χ0n) is 23.3. The lowest BCUT2D eigenvalue weighted by molar-refractivity contribution is 0.147. The van der Waals surface area contributed by atoms with Crippen LogP contribution in [-0.4, -0.2) is 58.6 Å². The normalized spacial score (nSPS) is 14.4. The van der Waals surface area contributed by atoms with Crippen LogP contribution in [0.2, 0.25) is 0 Å². The number of anilines is 3. The van der Waals surface area contributed by atoms with Gasteiger partial charge in [0.25, 0.3) is 5.56 Å². The second kappa shape index (κ2) is 11.6. The summed E-state index contributed by atoms with van der Waals surface area (Å²) in [5.74, 6) is -0.702. The number of carbonyl (C=O) groups excluding carboxylic acids is 1. The molecule has 1 aliphatic rings. The Kier molecular flexibility index (Phi) is 8.00. The van der Waals surface area contributed by atoms with E-state index in [1.54, 1.807) is 35.9 Å². The number of nitrogens with zero attached hydrogens (tertiary/aromatic N) is 4. The molecule has 4 aromatic rings. The van der Waals surface area contributed by atoms with Crippen LogP contribution >= 0.6 is 0 Å². The molecule has 0 aliphatic carbocycles. The molecule has 0 saturated carbocycles. The SMILES string of the molecule is CCn1c(=O)c(-c2cc(NC(=O)Nc3ccc(F)c(CN4CCN(C)CC4)c3)c(F)cc2C)cc2cnc(N)cc21. The second-order valence-corrected chi connectivity index (χ2v) is 10.4. The molecule has 0 atom stereocenters. The quantitative estimate of drug-likeness (QED) is 0.317. The molecular formula is C30H33F2N7O2. The third kappa shape index (κ3) is 6.06. The summed E-state index contributed by atoms with van der Waals surface area (Å²) < 4.78 is 31.1. The average molecular weight is 562 g/mol. The summed E-state index contributed by atoms with van der Waals surface area (Å²) >= 11 is 0. The topological polar surface area (TPSA) is 109 Å². The first kappa shape index (κ1) is 28.2. The van der Waals surface area contributed by atoms with Crippen LogP contribution in [0.25, 0.3) is 22.0 Å². The number of piperazine rings is 1. The second-order valence-electron chi connectivity index (χ2n) is 10.4. The minimum absolute atomic E-state index is 0.0964. The Bertz CT molecular complexity index is 1680. The van der Waals surface area contributed by atoms with Crippen LogP contribution in [0, 0.1) is 18.6 Å². The Hall–Kier alpha value is -4.35. The Morgan fingerprint density at radius 1 is 1.00 bits per heavy atom. The lowest BCUT2D eigenvalue weighted by atomic mass is 9.99. The largest absolute Gasteiger partial charge is 0.384 e. The van der Waals surface area contributed by atoms with E-state index >= 15 is 0 Å². The van der Waals surface area contributed by atoms with Crippen molar-refractivity contribution in [2.45, 2.75) is 26.9 Å². The van der Waals surface area contributed by atoms with Crippen molar-refractivity contribution in [2.75, 3.05) is 49.6 Å². The van der Waals surface area contributed by atoms with Crippen LogP contribution in [0.5, 0.6) is 0 Å². The van der Waals surface area contributed by atoms with Crippen LogP contribution in [0.4, 0.5) is 30.8 Å². The summed E-state index contributed by atoms with van der Waals surface area (Å²) in [5, 5.41) is 5.91. The molecule has 0 spiro atoms. The number of pyridine rings is 2. The maximum absolute atomic E-state index is 15.0. The molecule has 214 valence electrons. The van der Waals surface area contributed by atoms with E-state index < -0.39 is 11.8 Å². The van der Waals surface area contributed by atoms with Crippen molar-refractivity contribution in [1.82, 2.24) is 19.4 Å². The van der Waals surface area contributed by atoms with Crippen LogP contribution in [-0.2, 0) is 13.1 Å². The molecule has 11 heteroatoms. The first-order valence-corrected chi connectivity index (χ1v) is 13.5. The fourth-order valence-corrected chi connectivity index (χ4v) is 5.16. The Morgan fingerprint density at radius 2 is 1.76 bits per heavy atom. The molecular weight excluding hydrogens is 528 g/mol. The maximum Gasteiger partial charge on any atom is 0.323 e. The molecule has 41 heavy (non-hydrogen) atoms. The number of rotatable bonds is 6. The predicted molar refractivity (Wildman–Crippen MR) is 158 cm³/mol. The van der Waals surface area contributed by atoms with Gasteiger partial charge in [0.2, 0.25) is 0 Å². The summed E-state index contributed by atoms with van der Waals surface area (Å²) in [7, 11) is 2.05. The minimum atomic E-state index is -0.694. The van der Waals surface area contributed by atoms with Gasteiger partial charge in [-0.3, -0.25) is 9.69 Å². The summed E-state index contributed by atoms with van der Waals surface area (Å²) in [4.78, 5) is 34.8. The van der Waals surface area contributed by atoms with Crippen molar-refractivity contribution in [3.8, 4) is 11.1 Å². The average Bonchev–Trinajstić information content (AvgIpc) is 2.93. The van der Waals surface area contributed by atoms with Crippen LogP contribution < -0.4 is 21.9 Å². The number of urea groups is 1. The minimum Gasteiger partial charge on any atom is -0.384 e. The standard InChI is InChI=1S/C30H33F2N7O2/c1-4-39-27-15-28(33)34-16-19(27)13-23(29(39)40)22-14-26(25(32)11-18(22)2)36-30(41)35-21-5-6-24(31)20(12-21)17-38-9-7-37(3)8-10-38/h5-6,11-16H,4,7-10,17H2,1-3H3,(H2,33,34)(H2,35,36,41). The third-order valence-electron chi connectivity index (χ3n) is 7.46. The first-order chi connectivity index (χ1) is 19.6. The van der Waals surface area contributed by atoms with Crippen LogP contribution in [0.15, 0.2) is 53.5 Å². The molecule has 1 aliphatic heterocycles. The number of nitrogens with two attached hydrogens (primary N) is 1. The molecule has 9 nitrogen and oxygen atoms in total. The first-order valence-electron chi connectivity index (χ1n) is 13.5. The number of halogens is 2. The molecule has 0 bridgehead atoms. The van der Waals surface area contributed by atoms with E-state index in [0.29, 0.717) is 57.8 Å². The molecule has 3 heterocycles. The number of aromatic nitrogens is 2. The number of fused-ring (bicyclic) bond motifs is 1. The van der Waals surface area contributed by atoms with Crippen molar-refractivity contribution in [1.29, 1.82) is 0 Å². The molecule has 1 saturated heterocycles. The van der Waals surface area contributed by atoms with Gasteiger partial charge in [0.1, 0.15) is 17.5 Å². The Labute approximate surface area is 236 Å².